The molecule has 0 unspecified atom stereocenters. The summed E-state index contributed by atoms with van der Waals surface area (Å²) in [6, 6.07) is 3.85. The number of nitrogens with two attached hydrogens (primary N) is 2. The van der Waals surface area contributed by atoms with Crippen LogP contribution in [0, 0.1) is 13.8 Å². The highest BCUT2D eigenvalue weighted by atomic mass is 16.1. The molecule has 0 aliphatic rings. The molecule has 1 aromatic carbocycles. The Morgan fingerprint density at radius 1 is 1.19 bits per heavy atom. The smallest absolute Gasteiger partial charge is 0.176 e. The normalized spacial score (nSPS) is 10.5. The van der Waals surface area contributed by atoms with Gasteiger partial charge in [-0.15, -0.1) is 0 Å². The van der Waals surface area contributed by atoms with Gasteiger partial charge in [0.05, 0.1) is 6.54 Å². The lowest BCUT2D eigenvalue weighted by molar-refractivity contribution is 0.100. The summed E-state index contributed by atoms with van der Waals surface area (Å²) in [5, 5.41) is 0. The van der Waals surface area contributed by atoms with E-state index in [1.807, 2.05) is 26.0 Å². The fourth-order valence-electron chi connectivity index (χ4n) is 1.95. The fraction of sp³-hybridized carbons (Fsp3) is 0.462. The van der Waals surface area contributed by atoms with Crippen LogP contribution in [0.1, 0.15) is 33.5 Å². The Morgan fingerprint density at radius 2 is 1.75 bits per heavy atom. The number of ketones is 1. The summed E-state index contributed by atoms with van der Waals surface area (Å²) in [6.45, 7) is 4.84. The first-order valence-electron chi connectivity index (χ1n) is 5.63. The summed E-state index contributed by atoms with van der Waals surface area (Å²) in [5.41, 5.74) is 15.2. The molecule has 4 N–H and O–H groups in total. The maximum Gasteiger partial charge on any atom is 0.176 e. The van der Waals surface area contributed by atoms with Crippen LogP contribution in [-0.2, 0) is 6.42 Å². The van der Waals surface area contributed by atoms with E-state index in [1.165, 1.54) is 5.56 Å². The van der Waals surface area contributed by atoms with Crippen LogP contribution in [0.5, 0.6) is 0 Å². The second kappa shape index (κ2) is 5.77. The van der Waals surface area contributed by atoms with E-state index >= 15 is 0 Å². The second-order valence-electron chi connectivity index (χ2n) is 4.11. The summed E-state index contributed by atoms with van der Waals surface area (Å²) in [4.78, 5) is 11.5. The van der Waals surface area contributed by atoms with Crippen molar-refractivity contribution in [3.05, 3.63) is 34.4 Å². The number of hydrogen-bond donors (Lipinski definition) is 2. The van der Waals surface area contributed by atoms with Crippen LogP contribution < -0.4 is 11.5 Å². The molecule has 3 heteroatoms. The lowest BCUT2D eigenvalue weighted by atomic mass is 9.94. The molecule has 0 aliphatic heterocycles. The average molecular weight is 220 g/mol. The van der Waals surface area contributed by atoms with E-state index in [9.17, 15) is 4.79 Å². The summed E-state index contributed by atoms with van der Waals surface area (Å²) in [5.74, 6) is -0.00317. The van der Waals surface area contributed by atoms with Gasteiger partial charge in [-0.3, -0.25) is 4.79 Å². The molecule has 0 spiro atoms. The van der Waals surface area contributed by atoms with Gasteiger partial charge in [-0.2, -0.15) is 0 Å². The number of aryl methyl sites for hydroxylation is 2. The van der Waals surface area contributed by atoms with Crippen LogP contribution in [0.3, 0.4) is 0 Å². The third kappa shape index (κ3) is 2.90. The van der Waals surface area contributed by atoms with E-state index in [0.717, 1.165) is 24.0 Å². The van der Waals surface area contributed by atoms with Crippen molar-refractivity contribution in [3.8, 4) is 0 Å². The van der Waals surface area contributed by atoms with Crippen molar-refractivity contribution in [2.75, 3.05) is 13.1 Å². The van der Waals surface area contributed by atoms with Gasteiger partial charge in [0.1, 0.15) is 0 Å². The maximum absolute atomic E-state index is 11.5. The maximum atomic E-state index is 11.5. The van der Waals surface area contributed by atoms with Crippen molar-refractivity contribution in [1.29, 1.82) is 0 Å². The SMILES string of the molecule is Cc1cc(C(=O)CN)cc(C)c1CCCN. The van der Waals surface area contributed by atoms with E-state index < -0.39 is 0 Å². The third-order valence-corrected chi connectivity index (χ3v) is 2.83. The number of rotatable bonds is 5. The summed E-state index contributed by atoms with van der Waals surface area (Å²) < 4.78 is 0. The zero-order valence-electron chi connectivity index (χ0n) is 10.0. The van der Waals surface area contributed by atoms with E-state index in [-0.39, 0.29) is 12.3 Å². The lowest BCUT2D eigenvalue weighted by Crippen LogP contribution is -2.14. The standard InChI is InChI=1S/C13H20N2O/c1-9-6-11(13(16)8-15)7-10(2)12(9)4-3-5-14/h6-7H,3-5,8,14-15H2,1-2H3. The molecular formula is C13H20N2O. The van der Waals surface area contributed by atoms with E-state index in [1.54, 1.807) is 0 Å². The minimum atomic E-state index is -0.00317. The molecule has 1 aromatic rings. The largest absolute Gasteiger partial charge is 0.330 e. The van der Waals surface area contributed by atoms with Crippen LogP contribution in [0.25, 0.3) is 0 Å². The molecule has 0 heterocycles. The highest BCUT2D eigenvalue weighted by Gasteiger charge is 2.09. The summed E-state index contributed by atoms with van der Waals surface area (Å²) in [7, 11) is 0. The van der Waals surface area contributed by atoms with Crippen molar-refractivity contribution >= 4 is 5.78 Å². The van der Waals surface area contributed by atoms with Crippen LogP contribution in [0.4, 0.5) is 0 Å². The molecule has 88 valence electrons. The number of hydrogen-bond acceptors (Lipinski definition) is 3. The molecule has 0 fully saturated rings. The second-order valence-corrected chi connectivity index (χ2v) is 4.11. The Kier molecular flexibility index (Phi) is 4.65. The molecule has 0 atom stereocenters. The van der Waals surface area contributed by atoms with E-state index in [2.05, 4.69) is 0 Å². The molecule has 16 heavy (non-hydrogen) atoms. The zero-order chi connectivity index (χ0) is 12.1. The molecule has 0 saturated carbocycles. The molecule has 3 nitrogen and oxygen atoms in total. The lowest BCUT2D eigenvalue weighted by Gasteiger charge is -2.11. The van der Waals surface area contributed by atoms with Crippen molar-refractivity contribution in [3.63, 3.8) is 0 Å². The Morgan fingerprint density at radius 3 is 2.19 bits per heavy atom. The first-order valence-corrected chi connectivity index (χ1v) is 5.63. The summed E-state index contributed by atoms with van der Waals surface area (Å²) >= 11 is 0. The third-order valence-electron chi connectivity index (χ3n) is 2.83. The van der Waals surface area contributed by atoms with Crippen molar-refractivity contribution in [1.82, 2.24) is 0 Å². The van der Waals surface area contributed by atoms with Gasteiger partial charge < -0.3 is 11.5 Å². The number of benzene rings is 1. The molecule has 1 rings (SSSR count). The van der Waals surface area contributed by atoms with Crippen LogP contribution >= 0.6 is 0 Å². The monoisotopic (exact) mass is 220 g/mol. The number of carbonyl (C=O) groups is 1. The van der Waals surface area contributed by atoms with Gasteiger partial charge in [0, 0.05) is 5.56 Å². The van der Waals surface area contributed by atoms with Crippen LogP contribution in [0.2, 0.25) is 0 Å². The van der Waals surface area contributed by atoms with Crippen LogP contribution in [0.15, 0.2) is 12.1 Å². The molecule has 0 radical (unpaired) electrons. The van der Waals surface area contributed by atoms with Crippen LogP contribution in [-0.4, -0.2) is 18.9 Å². The first kappa shape index (κ1) is 12.9. The van der Waals surface area contributed by atoms with Crippen molar-refractivity contribution in [2.24, 2.45) is 11.5 Å². The van der Waals surface area contributed by atoms with Crippen molar-refractivity contribution < 1.29 is 4.79 Å². The molecule has 0 bridgehead atoms. The number of Topliss-reactive ketones (excluding diaryl/α,β-unsaturated/α-hetero) is 1. The molecule has 0 aliphatic carbocycles. The Hall–Kier alpha value is -1.19. The molecule has 0 saturated heterocycles. The van der Waals surface area contributed by atoms with Gasteiger partial charge in [0.25, 0.3) is 0 Å². The van der Waals surface area contributed by atoms with E-state index in [0.29, 0.717) is 12.1 Å². The van der Waals surface area contributed by atoms with Crippen molar-refractivity contribution in [2.45, 2.75) is 26.7 Å². The van der Waals surface area contributed by atoms with E-state index in [4.69, 9.17) is 11.5 Å². The van der Waals surface area contributed by atoms with Gasteiger partial charge in [-0.1, -0.05) is 0 Å². The predicted molar refractivity (Wildman–Crippen MR) is 66.7 cm³/mol. The quantitative estimate of drug-likeness (QED) is 0.736. The van der Waals surface area contributed by atoms with Gasteiger partial charge in [-0.05, 0) is 62.1 Å². The predicted octanol–water partition coefficient (Wildman–Crippen LogP) is 1.34. The fourth-order valence-corrected chi connectivity index (χ4v) is 1.95. The topological polar surface area (TPSA) is 69.1 Å². The van der Waals surface area contributed by atoms with Gasteiger partial charge >= 0.3 is 0 Å². The molecule has 0 aromatic heterocycles. The molecule has 0 amide bonds. The summed E-state index contributed by atoms with van der Waals surface area (Å²) in [6.07, 6.45) is 1.96. The zero-order valence-corrected chi connectivity index (χ0v) is 10.0. The highest BCUT2D eigenvalue weighted by molar-refractivity contribution is 5.97. The first-order chi connectivity index (χ1) is 7.60. The van der Waals surface area contributed by atoms with Gasteiger partial charge in [-0.25, -0.2) is 0 Å². The Balaban J connectivity index is 3.02. The van der Waals surface area contributed by atoms with Gasteiger partial charge in [0.15, 0.2) is 5.78 Å². The highest BCUT2D eigenvalue weighted by Crippen LogP contribution is 2.18. The minimum absolute atomic E-state index is 0.00317. The Bertz CT molecular complexity index is 363. The van der Waals surface area contributed by atoms with Gasteiger partial charge in [0.2, 0.25) is 0 Å². The average Bonchev–Trinajstić information content (AvgIpc) is 2.26. The molecular weight excluding hydrogens is 200 g/mol. The minimum Gasteiger partial charge on any atom is -0.330 e. The number of carbonyl (C=O) groups excluding carboxylic acids is 1. The Labute approximate surface area is 96.8 Å².